The van der Waals surface area contributed by atoms with Crippen LogP contribution in [0.1, 0.15) is 28.8 Å². The highest BCUT2D eigenvalue weighted by Crippen LogP contribution is 2.36. The molecule has 1 aromatic carbocycles. The van der Waals surface area contributed by atoms with Gasteiger partial charge in [-0.15, -0.1) is 0 Å². The predicted octanol–water partition coefficient (Wildman–Crippen LogP) is 3.19. The van der Waals surface area contributed by atoms with E-state index in [0.29, 0.717) is 18.7 Å². The van der Waals surface area contributed by atoms with Gasteiger partial charge < -0.3 is 10.0 Å². The summed E-state index contributed by atoms with van der Waals surface area (Å²) in [6.45, 7) is 1.38. The van der Waals surface area contributed by atoms with Gasteiger partial charge >= 0.3 is 0 Å². The second-order valence-corrected chi connectivity index (χ2v) is 6.87. The first-order valence-electron chi connectivity index (χ1n) is 8.17. The topological polar surface area (TPSA) is 53.4 Å². The van der Waals surface area contributed by atoms with Crippen molar-refractivity contribution in [1.29, 1.82) is 0 Å². The molecular weight excluding hydrogens is 324 g/mol. The molecule has 0 unspecified atom stereocenters. The summed E-state index contributed by atoms with van der Waals surface area (Å²) in [5, 5.41) is 10.7. The fourth-order valence-corrected chi connectivity index (χ4v) is 3.50. The molecule has 1 aliphatic rings. The van der Waals surface area contributed by atoms with Gasteiger partial charge in [-0.2, -0.15) is 0 Å². The lowest BCUT2D eigenvalue weighted by Gasteiger charge is -2.41. The number of pyridine rings is 1. The number of benzene rings is 1. The largest absolute Gasteiger partial charge is 0.396 e. The maximum Gasteiger partial charge on any atom is 0.255 e. The molecule has 0 spiro atoms. The fraction of sp³-hybridized carbons (Fsp3) is 0.368. The molecule has 1 N–H and O–H groups in total. The molecule has 2 aromatic rings. The number of hydrogen-bond acceptors (Lipinski definition) is 3. The molecule has 1 saturated heterocycles. The van der Waals surface area contributed by atoms with E-state index in [9.17, 15) is 9.90 Å². The Morgan fingerprint density at radius 3 is 2.58 bits per heavy atom. The van der Waals surface area contributed by atoms with Crippen molar-refractivity contribution in [1.82, 2.24) is 9.88 Å². The molecule has 3 rings (SSSR count). The number of amides is 1. The molecule has 1 amide bonds. The number of carbonyl (C=O) groups excluding carboxylic acids is 1. The van der Waals surface area contributed by atoms with E-state index in [1.807, 2.05) is 29.2 Å². The smallest absolute Gasteiger partial charge is 0.255 e. The monoisotopic (exact) mass is 344 g/mol. The summed E-state index contributed by atoms with van der Waals surface area (Å²) in [5.41, 5.74) is 1.46. The first-order valence-corrected chi connectivity index (χ1v) is 8.55. The Morgan fingerprint density at radius 1 is 1.21 bits per heavy atom. The summed E-state index contributed by atoms with van der Waals surface area (Å²) in [6.07, 6.45) is 5.52. The average molecular weight is 345 g/mol. The highest BCUT2D eigenvalue weighted by atomic mass is 35.5. The quantitative estimate of drug-likeness (QED) is 0.926. The van der Waals surface area contributed by atoms with Gasteiger partial charge in [0.2, 0.25) is 0 Å². The molecule has 0 atom stereocenters. The van der Waals surface area contributed by atoms with Crippen LogP contribution in [0.15, 0.2) is 48.8 Å². The van der Waals surface area contributed by atoms with Gasteiger partial charge in [-0.25, -0.2) is 0 Å². The number of piperidine rings is 1. The number of carbonyl (C=O) groups is 1. The molecule has 0 bridgehead atoms. The van der Waals surface area contributed by atoms with E-state index in [4.69, 9.17) is 11.6 Å². The van der Waals surface area contributed by atoms with E-state index < -0.39 is 0 Å². The van der Waals surface area contributed by atoms with Crippen LogP contribution in [0.3, 0.4) is 0 Å². The Balaban J connectivity index is 1.68. The number of rotatable bonds is 4. The van der Waals surface area contributed by atoms with Crippen molar-refractivity contribution >= 4 is 17.5 Å². The van der Waals surface area contributed by atoms with E-state index in [1.54, 1.807) is 24.5 Å². The minimum absolute atomic E-state index is 0.00684. The minimum atomic E-state index is -0.212. The van der Waals surface area contributed by atoms with E-state index >= 15 is 0 Å². The molecule has 24 heavy (non-hydrogen) atoms. The molecule has 0 aliphatic carbocycles. The number of likely N-dealkylation sites (tertiary alicyclic amines) is 1. The maximum absolute atomic E-state index is 12.5. The van der Waals surface area contributed by atoms with Crippen molar-refractivity contribution in [2.45, 2.75) is 19.3 Å². The third-order valence-corrected chi connectivity index (χ3v) is 5.25. The van der Waals surface area contributed by atoms with Crippen LogP contribution >= 0.6 is 11.6 Å². The van der Waals surface area contributed by atoms with Gasteiger partial charge in [0.1, 0.15) is 0 Å². The van der Waals surface area contributed by atoms with Gasteiger partial charge in [0.15, 0.2) is 0 Å². The highest BCUT2D eigenvalue weighted by Gasteiger charge is 2.36. The van der Waals surface area contributed by atoms with Gasteiger partial charge in [-0.05, 0) is 43.0 Å². The lowest BCUT2D eigenvalue weighted by atomic mass is 9.74. The zero-order chi connectivity index (χ0) is 17.0. The van der Waals surface area contributed by atoms with Crippen LogP contribution in [-0.2, 0) is 6.42 Å². The first kappa shape index (κ1) is 16.9. The van der Waals surface area contributed by atoms with Crippen molar-refractivity contribution in [2.24, 2.45) is 5.41 Å². The fourth-order valence-electron chi connectivity index (χ4n) is 3.29. The molecule has 0 radical (unpaired) electrons. The van der Waals surface area contributed by atoms with Crippen LogP contribution in [-0.4, -0.2) is 40.6 Å². The number of aliphatic hydroxyl groups is 1. The Bertz CT molecular complexity index is 698. The van der Waals surface area contributed by atoms with E-state index in [2.05, 4.69) is 4.98 Å². The summed E-state index contributed by atoms with van der Waals surface area (Å²) in [4.78, 5) is 18.4. The summed E-state index contributed by atoms with van der Waals surface area (Å²) in [7, 11) is 0. The Morgan fingerprint density at radius 2 is 1.96 bits per heavy atom. The van der Waals surface area contributed by atoms with Crippen LogP contribution in [0.2, 0.25) is 5.02 Å². The Labute approximate surface area is 147 Å². The second-order valence-electron chi connectivity index (χ2n) is 6.46. The molecule has 0 saturated carbocycles. The molecule has 4 nitrogen and oxygen atoms in total. The number of halogens is 1. The maximum atomic E-state index is 12.5. The van der Waals surface area contributed by atoms with Gasteiger partial charge in [-0.3, -0.25) is 9.78 Å². The first-order chi connectivity index (χ1) is 11.6. The lowest BCUT2D eigenvalue weighted by molar-refractivity contribution is 0.0358. The van der Waals surface area contributed by atoms with E-state index in [-0.39, 0.29) is 17.9 Å². The SMILES string of the molecule is O=C(c1cccnc1)N1CCC(CO)(Cc2ccccc2Cl)CC1. The average Bonchev–Trinajstić information content (AvgIpc) is 2.64. The molecule has 5 heteroatoms. The van der Waals surface area contributed by atoms with E-state index in [0.717, 1.165) is 29.8 Å². The number of nitrogens with zero attached hydrogens (tertiary/aromatic N) is 2. The molecule has 1 aliphatic heterocycles. The third-order valence-electron chi connectivity index (χ3n) is 4.88. The highest BCUT2D eigenvalue weighted by molar-refractivity contribution is 6.31. The van der Waals surface area contributed by atoms with Crippen LogP contribution in [0.25, 0.3) is 0 Å². The van der Waals surface area contributed by atoms with Gasteiger partial charge in [0, 0.05) is 42.5 Å². The van der Waals surface area contributed by atoms with Crippen molar-refractivity contribution in [3.05, 3.63) is 64.9 Å². The Kier molecular flexibility index (Phi) is 5.17. The molecular formula is C19H21ClN2O2. The van der Waals surface area contributed by atoms with Crippen LogP contribution in [0, 0.1) is 5.41 Å². The van der Waals surface area contributed by atoms with Gasteiger partial charge in [0.25, 0.3) is 5.91 Å². The third kappa shape index (κ3) is 3.60. The van der Waals surface area contributed by atoms with Crippen LogP contribution in [0.4, 0.5) is 0 Å². The number of aromatic nitrogens is 1. The number of aliphatic hydroxyl groups excluding tert-OH is 1. The zero-order valence-electron chi connectivity index (χ0n) is 13.5. The summed E-state index contributed by atoms with van der Waals surface area (Å²) < 4.78 is 0. The molecule has 1 aromatic heterocycles. The molecule has 126 valence electrons. The van der Waals surface area contributed by atoms with Crippen molar-refractivity contribution in [3.63, 3.8) is 0 Å². The van der Waals surface area contributed by atoms with Crippen molar-refractivity contribution in [2.75, 3.05) is 19.7 Å². The van der Waals surface area contributed by atoms with Crippen molar-refractivity contribution in [3.8, 4) is 0 Å². The summed E-state index contributed by atoms with van der Waals surface area (Å²) in [5.74, 6) is 0.00684. The van der Waals surface area contributed by atoms with Gasteiger partial charge in [-0.1, -0.05) is 29.8 Å². The summed E-state index contributed by atoms with van der Waals surface area (Å²) in [6, 6.07) is 11.3. The van der Waals surface area contributed by atoms with Crippen LogP contribution in [0.5, 0.6) is 0 Å². The second kappa shape index (κ2) is 7.32. The number of hydrogen-bond donors (Lipinski definition) is 1. The standard InChI is InChI=1S/C19H21ClN2O2/c20-17-6-2-1-4-15(17)12-19(14-23)7-10-22(11-8-19)18(24)16-5-3-9-21-13-16/h1-6,9,13,23H,7-8,10-12,14H2. The lowest BCUT2D eigenvalue weighted by Crippen LogP contribution is -2.45. The molecule has 1 fully saturated rings. The van der Waals surface area contributed by atoms with Crippen LogP contribution < -0.4 is 0 Å². The zero-order valence-corrected chi connectivity index (χ0v) is 14.2. The Hall–Kier alpha value is -1.91. The van der Waals surface area contributed by atoms with Crippen molar-refractivity contribution < 1.29 is 9.90 Å². The normalized spacial score (nSPS) is 16.8. The summed E-state index contributed by atoms with van der Waals surface area (Å²) >= 11 is 6.27. The predicted molar refractivity (Wildman–Crippen MR) is 94.0 cm³/mol. The van der Waals surface area contributed by atoms with E-state index in [1.165, 1.54) is 0 Å². The minimum Gasteiger partial charge on any atom is -0.396 e. The molecule has 2 heterocycles. The van der Waals surface area contributed by atoms with Gasteiger partial charge in [0.05, 0.1) is 5.56 Å².